The number of hydrogen-bond donors (Lipinski definition) is 1. The van der Waals surface area contributed by atoms with Crippen molar-refractivity contribution in [2.75, 3.05) is 31.6 Å². The van der Waals surface area contributed by atoms with Gasteiger partial charge in [0.2, 0.25) is 0 Å². The molecule has 1 aliphatic heterocycles. The van der Waals surface area contributed by atoms with Crippen LogP contribution in [-0.4, -0.2) is 32.8 Å². The van der Waals surface area contributed by atoms with E-state index in [0.717, 1.165) is 38.2 Å². The van der Waals surface area contributed by atoms with Gasteiger partial charge in [0.25, 0.3) is 0 Å². The highest BCUT2D eigenvalue weighted by atomic mass is 19.1. The highest BCUT2D eigenvalue weighted by molar-refractivity contribution is 5.52. The van der Waals surface area contributed by atoms with Crippen LogP contribution in [0.15, 0.2) is 18.2 Å². The van der Waals surface area contributed by atoms with Crippen LogP contribution in [0.4, 0.5) is 10.1 Å². The number of hydrogen-bond acceptors (Lipinski definition) is 3. The summed E-state index contributed by atoms with van der Waals surface area (Å²) in [4.78, 5) is 2.21. The number of nitrogens with zero attached hydrogens (tertiary/aromatic N) is 1. The number of ether oxygens (including phenoxy) is 1. The zero-order valence-electron chi connectivity index (χ0n) is 11.1. The molecule has 18 heavy (non-hydrogen) atoms. The van der Waals surface area contributed by atoms with E-state index in [4.69, 9.17) is 4.74 Å². The van der Waals surface area contributed by atoms with Crippen molar-refractivity contribution in [2.45, 2.75) is 25.8 Å². The number of anilines is 1. The van der Waals surface area contributed by atoms with E-state index in [0.29, 0.717) is 11.8 Å². The summed E-state index contributed by atoms with van der Waals surface area (Å²) in [7, 11) is 1.56. The average molecular weight is 252 g/mol. The van der Waals surface area contributed by atoms with Crippen LogP contribution in [0.2, 0.25) is 0 Å². The van der Waals surface area contributed by atoms with Gasteiger partial charge in [-0.3, -0.25) is 0 Å². The van der Waals surface area contributed by atoms with Gasteiger partial charge in [-0.05, 0) is 25.5 Å². The van der Waals surface area contributed by atoms with Crippen molar-refractivity contribution in [2.24, 2.45) is 0 Å². The largest absolute Gasteiger partial charge is 0.497 e. The quantitative estimate of drug-likeness (QED) is 0.871. The Bertz CT molecular complexity index is 397. The van der Waals surface area contributed by atoms with Gasteiger partial charge in [-0.25, -0.2) is 4.39 Å². The predicted octanol–water partition coefficient (Wildman–Crippen LogP) is 2.41. The van der Waals surface area contributed by atoms with Crippen LogP contribution >= 0.6 is 0 Å². The standard InChI is InChI=1S/C14H21FN2O/c1-3-5-16-12-4-6-17(10-12)13-7-11(15)8-14(9-13)18-2/h7-9,12,16H,3-6,10H2,1-2H3. The number of nitrogens with one attached hydrogen (secondary N) is 1. The Morgan fingerprint density at radius 2 is 2.28 bits per heavy atom. The summed E-state index contributed by atoms with van der Waals surface area (Å²) in [6.07, 6.45) is 2.25. The second-order valence-corrected chi connectivity index (χ2v) is 4.73. The lowest BCUT2D eigenvalue weighted by Crippen LogP contribution is -2.32. The smallest absolute Gasteiger partial charge is 0.128 e. The molecule has 2 rings (SSSR count). The summed E-state index contributed by atoms with van der Waals surface area (Å²) in [6, 6.07) is 5.39. The van der Waals surface area contributed by atoms with Crippen molar-refractivity contribution in [3.63, 3.8) is 0 Å². The van der Waals surface area contributed by atoms with E-state index in [-0.39, 0.29) is 5.82 Å². The normalized spacial score (nSPS) is 19.3. The van der Waals surface area contributed by atoms with E-state index in [2.05, 4.69) is 17.1 Å². The summed E-state index contributed by atoms with van der Waals surface area (Å²) in [5, 5.41) is 3.51. The lowest BCUT2D eigenvalue weighted by molar-refractivity contribution is 0.411. The Kier molecular flexibility index (Phi) is 4.42. The van der Waals surface area contributed by atoms with Crippen LogP contribution in [0.1, 0.15) is 19.8 Å². The lowest BCUT2D eigenvalue weighted by atomic mass is 10.2. The number of methoxy groups -OCH3 is 1. The molecule has 4 heteroatoms. The van der Waals surface area contributed by atoms with E-state index in [9.17, 15) is 4.39 Å². The van der Waals surface area contributed by atoms with Gasteiger partial charge in [-0.2, -0.15) is 0 Å². The highest BCUT2D eigenvalue weighted by Crippen LogP contribution is 2.26. The van der Waals surface area contributed by atoms with Crippen molar-refractivity contribution in [3.05, 3.63) is 24.0 Å². The minimum Gasteiger partial charge on any atom is -0.497 e. The van der Waals surface area contributed by atoms with Crippen molar-refractivity contribution in [1.29, 1.82) is 0 Å². The molecule has 100 valence electrons. The van der Waals surface area contributed by atoms with Crippen LogP contribution in [-0.2, 0) is 0 Å². The Labute approximate surface area is 108 Å². The van der Waals surface area contributed by atoms with Crippen LogP contribution in [0.3, 0.4) is 0 Å². The molecule has 1 aromatic carbocycles. The van der Waals surface area contributed by atoms with Crippen molar-refractivity contribution in [3.8, 4) is 5.75 Å². The van der Waals surface area contributed by atoms with E-state index < -0.39 is 0 Å². The zero-order chi connectivity index (χ0) is 13.0. The maximum Gasteiger partial charge on any atom is 0.128 e. The van der Waals surface area contributed by atoms with Crippen molar-refractivity contribution < 1.29 is 9.13 Å². The Morgan fingerprint density at radius 1 is 1.44 bits per heavy atom. The fourth-order valence-electron chi connectivity index (χ4n) is 2.36. The van der Waals surface area contributed by atoms with Gasteiger partial charge < -0.3 is 15.0 Å². The lowest BCUT2D eigenvalue weighted by Gasteiger charge is -2.19. The molecule has 1 N–H and O–H groups in total. The number of halogens is 1. The summed E-state index contributed by atoms with van der Waals surface area (Å²) >= 11 is 0. The highest BCUT2D eigenvalue weighted by Gasteiger charge is 2.22. The first-order valence-corrected chi connectivity index (χ1v) is 6.56. The first kappa shape index (κ1) is 13.1. The number of benzene rings is 1. The monoisotopic (exact) mass is 252 g/mol. The molecule has 1 aromatic rings. The maximum atomic E-state index is 13.4. The minimum absolute atomic E-state index is 0.241. The molecule has 0 aliphatic carbocycles. The minimum atomic E-state index is -0.241. The maximum absolute atomic E-state index is 13.4. The molecule has 1 aliphatic rings. The fraction of sp³-hybridized carbons (Fsp3) is 0.571. The molecule has 1 saturated heterocycles. The summed E-state index contributed by atoms with van der Waals surface area (Å²) in [6.45, 7) is 5.11. The second kappa shape index (κ2) is 6.05. The number of rotatable bonds is 5. The summed E-state index contributed by atoms with van der Waals surface area (Å²) in [5.74, 6) is 0.337. The Hall–Kier alpha value is -1.29. The van der Waals surface area contributed by atoms with Gasteiger partial charge in [0, 0.05) is 37.0 Å². The van der Waals surface area contributed by atoms with Crippen LogP contribution < -0.4 is 15.0 Å². The molecule has 0 radical (unpaired) electrons. The van der Waals surface area contributed by atoms with E-state index in [1.807, 2.05) is 6.07 Å². The molecule has 0 spiro atoms. The Morgan fingerprint density at radius 3 is 3.00 bits per heavy atom. The van der Waals surface area contributed by atoms with Crippen molar-refractivity contribution >= 4 is 5.69 Å². The van der Waals surface area contributed by atoms with E-state index in [1.54, 1.807) is 13.2 Å². The summed E-state index contributed by atoms with van der Waals surface area (Å²) in [5.41, 5.74) is 0.910. The SMILES string of the molecule is CCCNC1CCN(c2cc(F)cc(OC)c2)C1. The molecule has 0 bridgehead atoms. The predicted molar refractivity (Wildman–Crippen MR) is 71.9 cm³/mol. The molecular weight excluding hydrogens is 231 g/mol. The molecule has 1 unspecified atom stereocenters. The molecule has 0 aromatic heterocycles. The van der Waals surface area contributed by atoms with Crippen LogP contribution in [0.25, 0.3) is 0 Å². The van der Waals surface area contributed by atoms with Gasteiger partial charge in [-0.15, -0.1) is 0 Å². The third-order valence-electron chi connectivity index (χ3n) is 3.33. The first-order valence-electron chi connectivity index (χ1n) is 6.56. The molecule has 1 fully saturated rings. The average Bonchev–Trinajstić information content (AvgIpc) is 2.84. The molecule has 3 nitrogen and oxygen atoms in total. The van der Waals surface area contributed by atoms with Gasteiger partial charge in [0.1, 0.15) is 11.6 Å². The molecular formula is C14H21FN2O. The topological polar surface area (TPSA) is 24.5 Å². The fourth-order valence-corrected chi connectivity index (χ4v) is 2.36. The van der Waals surface area contributed by atoms with Gasteiger partial charge in [-0.1, -0.05) is 6.92 Å². The second-order valence-electron chi connectivity index (χ2n) is 4.73. The van der Waals surface area contributed by atoms with Crippen LogP contribution in [0.5, 0.6) is 5.75 Å². The summed E-state index contributed by atoms with van der Waals surface area (Å²) < 4.78 is 18.6. The van der Waals surface area contributed by atoms with Crippen LogP contribution in [0, 0.1) is 5.82 Å². The molecule has 1 heterocycles. The van der Waals surface area contributed by atoms with Gasteiger partial charge >= 0.3 is 0 Å². The first-order chi connectivity index (χ1) is 8.72. The molecule has 1 atom stereocenters. The third-order valence-corrected chi connectivity index (χ3v) is 3.33. The third kappa shape index (κ3) is 3.13. The molecule has 0 amide bonds. The Balaban J connectivity index is 2.02. The zero-order valence-corrected chi connectivity index (χ0v) is 11.1. The van der Waals surface area contributed by atoms with Gasteiger partial charge in [0.15, 0.2) is 0 Å². The van der Waals surface area contributed by atoms with Crippen molar-refractivity contribution in [1.82, 2.24) is 5.32 Å². The molecule has 0 saturated carbocycles. The van der Waals surface area contributed by atoms with E-state index in [1.165, 1.54) is 6.07 Å². The van der Waals surface area contributed by atoms with E-state index >= 15 is 0 Å². The van der Waals surface area contributed by atoms with Gasteiger partial charge in [0.05, 0.1) is 7.11 Å².